The molecule has 0 unspecified atom stereocenters. The Labute approximate surface area is 195 Å². The van der Waals surface area contributed by atoms with Gasteiger partial charge in [-0.3, -0.25) is 0 Å². The molecule has 0 bridgehead atoms. The molecule has 1 aromatic heterocycles. The summed E-state index contributed by atoms with van der Waals surface area (Å²) < 4.78 is 5.40. The average molecular weight is 517 g/mol. The van der Waals surface area contributed by atoms with Crippen molar-refractivity contribution in [2.45, 2.75) is 48.0 Å². The van der Waals surface area contributed by atoms with E-state index in [9.17, 15) is 0 Å². The van der Waals surface area contributed by atoms with Crippen LogP contribution in [0, 0.1) is 6.92 Å². The van der Waals surface area contributed by atoms with Gasteiger partial charge in [0.2, 0.25) is 5.88 Å². The average Bonchev–Trinajstić information content (AvgIpc) is 2.62. The number of ether oxygens (including phenoxy) is 1. The van der Waals surface area contributed by atoms with Crippen molar-refractivity contribution in [3.63, 3.8) is 0 Å². The van der Waals surface area contributed by atoms with Crippen molar-refractivity contribution in [1.29, 1.82) is 0 Å². The van der Waals surface area contributed by atoms with Crippen LogP contribution in [0.4, 0.5) is 0 Å². The van der Waals surface area contributed by atoms with Crippen LogP contribution in [0.3, 0.4) is 0 Å². The van der Waals surface area contributed by atoms with Crippen molar-refractivity contribution in [1.82, 2.24) is 9.97 Å². The van der Waals surface area contributed by atoms with Crippen LogP contribution < -0.4 is 4.74 Å². The van der Waals surface area contributed by atoms with Crippen LogP contribution in [0.5, 0.6) is 5.88 Å². The fraction of sp³-hybridized carbons (Fsp3) is 0.444. The number of aromatic nitrogens is 2. The standard InChI is InChI=1S/C13H14N2O.C3H8.C2H6.2H3O3PS/c1-3-16-12-9-10(2)14-13(15-12)11-7-5-4-6-8-11;1-3-2;1-2;2*1-4(2,3)5/h4-9H,3H2,1-2H3;3H2,1-2H3;1-2H3;2*(H3,1,2,3,5). The highest BCUT2D eigenvalue weighted by Crippen LogP contribution is 2.27. The van der Waals surface area contributed by atoms with Crippen molar-refractivity contribution in [2.24, 2.45) is 0 Å². The van der Waals surface area contributed by atoms with Crippen LogP contribution in [0.25, 0.3) is 11.4 Å². The van der Waals surface area contributed by atoms with Crippen LogP contribution in [-0.4, -0.2) is 45.9 Å². The first kappa shape index (κ1) is 34.8. The van der Waals surface area contributed by atoms with E-state index in [1.807, 2.05) is 64.1 Å². The second-order valence-corrected chi connectivity index (χ2v) is 10.2. The van der Waals surface area contributed by atoms with Gasteiger partial charge in [-0.25, -0.2) is 4.98 Å². The van der Waals surface area contributed by atoms with Crippen LogP contribution >= 0.6 is 13.4 Å². The van der Waals surface area contributed by atoms with Gasteiger partial charge in [0.1, 0.15) is 0 Å². The number of hydrogen-bond acceptors (Lipinski definition) is 5. The van der Waals surface area contributed by atoms with Gasteiger partial charge in [0, 0.05) is 17.3 Å². The van der Waals surface area contributed by atoms with Gasteiger partial charge >= 0.3 is 13.4 Å². The minimum Gasteiger partial charge on any atom is -0.478 e. The number of benzene rings is 1. The van der Waals surface area contributed by atoms with Crippen molar-refractivity contribution in [3.05, 3.63) is 42.1 Å². The van der Waals surface area contributed by atoms with Gasteiger partial charge in [-0.15, -0.1) is 0 Å². The Morgan fingerprint density at radius 3 is 1.58 bits per heavy atom. The third-order valence-electron chi connectivity index (χ3n) is 2.15. The molecule has 0 amide bonds. The van der Waals surface area contributed by atoms with E-state index in [2.05, 4.69) is 47.4 Å². The van der Waals surface area contributed by atoms with Crippen LogP contribution in [0.2, 0.25) is 0 Å². The lowest BCUT2D eigenvalue weighted by Crippen LogP contribution is -1.99. The quantitative estimate of drug-likeness (QED) is 0.331. The van der Waals surface area contributed by atoms with Gasteiger partial charge in [-0.1, -0.05) is 64.4 Å². The van der Waals surface area contributed by atoms with E-state index < -0.39 is 13.4 Å². The van der Waals surface area contributed by atoms with Gasteiger partial charge in [-0.2, -0.15) is 4.98 Å². The van der Waals surface area contributed by atoms with Crippen LogP contribution in [0.1, 0.15) is 46.7 Å². The Hall–Kier alpha value is -0.840. The van der Waals surface area contributed by atoms with E-state index in [1.165, 1.54) is 6.42 Å². The van der Waals surface area contributed by atoms with Crippen molar-refractivity contribution >= 4 is 37.1 Å². The second-order valence-electron chi connectivity index (χ2n) is 5.20. The van der Waals surface area contributed by atoms with Crippen LogP contribution in [-0.2, 0) is 23.6 Å². The number of rotatable bonds is 3. The van der Waals surface area contributed by atoms with E-state index in [1.54, 1.807) is 0 Å². The Morgan fingerprint density at radius 2 is 1.23 bits per heavy atom. The number of hydrogen-bond donors (Lipinski definition) is 6. The first-order valence-electron chi connectivity index (χ1n) is 9.31. The predicted octanol–water partition coefficient (Wildman–Crippen LogP) is 3.67. The molecule has 0 aliphatic rings. The fourth-order valence-electron chi connectivity index (χ4n) is 1.48. The van der Waals surface area contributed by atoms with Gasteiger partial charge in [0.25, 0.3) is 0 Å². The summed E-state index contributed by atoms with van der Waals surface area (Å²) in [6.07, 6.45) is 1.25. The molecule has 13 heteroatoms. The molecule has 0 atom stereocenters. The summed E-state index contributed by atoms with van der Waals surface area (Å²) in [5.74, 6) is 1.35. The topological polar surface area (TPSA) is 156 Å². The minimum absolute atomic E-state index is 0.616. The maximum absolute atomic E-state index is 7.56. The van der Waals surface area contributed by atoms with E-state index in [0.29, 0.717) is 18.3 Å². The Bertz CT molecular complexity index is 751. The summed E-state index contributed by atoms with van der Waals surface area (Å²) in [7, 11) is 0. The molecule has 0 radical (unpaired) electrons. The third-order valence-corrected chi connectivity index (χ3v) is 2.15. The molecule has 0 saturated carbocycles. The SMILES string of the molecule is CC.CCC.CCOc1cc(C)nc(-c2ccccc2)n1.OP(O)(O)=S.OP(O)(O)=S. The first-order chi connectivity index (χ1) is 14.2. The fourth-order valence-corrected chi connectivity index (χ4v) is 1.48. The Morgan fingerprint density at radius 1 is 0.839 bits per heavy atom. The molecule has 0 fully saturated rings. The van der Waals surface area contributed by atoms with Gasteiger partial charge in [0.05, 0.1) is 6.61 Å². The zero-order valence-corrected chi connectivity index (χ0v) is 22.0. The van der Waals surface area contributed by atoms with E-state index in [-0.39, 0.29) is 0 Å². The monoisotopic (exact) mass is 516 g/mol. The lowest BCUT2D eigenvalue weighted by atomic mass is 10.2. The predicted molar refractivity (Wildman–Crippen MR) is 133 cm³/mol. The molecule has 0 aliphatic heterocycles. The molecule has 0 aliphatic carbocycles. The van der Waals surface area contributed by atoms with E-state index >= 15 is 0 Å². The second kappa shape index (κ2) is 19.8. The molecule has 1 heterocycles. The number of aryl methyl sites for hydroxylation is 1. The smallest absolute Gasteiger partial charge is 0.319 e. The Kier molecular flexibility index (Phi) is 22.2. The molecule has 2 aromatic rings. The van der Waals surface area contributed by atoms with Crippen molar-refractivity contribution in [3.8, 4) is 17.3 Å². The van der Waals surface area contributed by atoms with Gasteiger partial charge in [-0.05, 0) is 37.5 Å². The molecule has 9 nitrogen and oxygen atoms in total. The van der Waals surface area contributed by atoms with E-state index in [4.69, 9.17) is 34.1 Å². The molecule has 6 N–H and O–H groups in total. The van der Waals surface area contributed by atoms with Crippen LogP contribution in [0.15, 0.2) is 36.4 Å². The summed E-state index contributed by atoms with van der Waals surface area (Å²) in [5, 5.41) is 0. The molecule has 31 heavy (non-hydrogen) atoms. The zero-order chi connectivity index (χ0) is 25.1. The summed E-state index contributed by atoms with van der Waals surface area (Å²) in [5.41, 5.74) is 1.92. The van der Waals surface area contributed by atoms with Gasteiger partial charge in [0.15, 0.2) is 5.82 Å². The van der Waals surface area contributed by atoms with Crippen molar-refractivity contribution in [2.75, 3.05) is 6.61 Å². The molecule has 2 rings (SSSR count). The highest BCUT2D eigenvalue weighted by atomic mass is 32.5. The Balaban J connectivity index is -0.000000433. The van der Waals surface area contributed by atoms with Gasteiger partial charge < -0.3 is 34.1 Å². The maximum atomic E-state index is 7.56. The highest BCUT2D eigenvalue weighted by molar-refractivity contribution is 8.06. The molecule has 0 spiro atoms. The summed E-state index contributed by atoms with van der Waals surface area (Å²) in [6, 6.07) is 11.7. The molecule has 0 saturated heterocycles. The summed E-state index contributed by atoms with van der Waals surface area (Å²) in [4.78, 5) is 54.1. The summed E-state index contributed by atoms with van der Waals surface area (Å²) >= 11 is 7.21. The lowest BCUT2D eigenvalue weighted by molar-refractivity contribution is 0.326. The molecular formula is C18H34N2O7P2S2. The number of nitrogens with zero attached hydrogens (tertiary/aromatic N) is 2. The zero-order valence-electron chi connectivity index (χ0n) is 18.6. The normalized spacial score (nSPS) is 9.81. The molecule has 1 aromatic carbocycles. The lowest BCUT2D eigenvalue weighted by Gasteiger charge is -2.06. The molecule has 180 valence electrons. The van der Waals surface area contributed by atoms with Crippen molar-refractivity contribution < 1.29 is 34.1 Å². The third kappa shape index (κ3) is 31.4. The largest absolute Gasteiger partial charge is 0.478 e. The van der Waals surface area contributed by atoms with E-state index in [0.717, 1.165) is 11.3 Å². The molecular weight excluding hydrogens is 482 g/mol. The minimum atomic E-state index is -3.81. The highest BCUT2D eigenvalue weighted by Gasteiger charge is 2.04. The first-order valence-corrected chi connectivity index (χ1v) is 14.6. The summed E-state index contributed by atoms with van der Waals surface area (Å²) in [6.45, 7) is 5.14. The maximum Gasteiger partial charge on any atom is 0.319 e.